The molecule has 2 rings (SSSR count). The van der Waals surface area contributed by atoms with Crippen LogP contribution in [0.25, 0.3) is 0 Å². The minimum absolute atomic E-state index is 0. The van der Waals surface area contributed by atoms with Crippen LogP contribution in [-0.4, -0.2) is 30.5 Å². The molecule has 20 heavy (non-hydrogen) atoms. The predicted molar refractivity (Wildman–Crippen MR) is 89.0 cm³/mol. The number of nitrogens with zero attached hydrogens (tertiary/aromatic N) is 1. The highest BCUT2D eigenvalue weighted by molar-refractivity contribution is 9.10. The molecule has 1 saturated heterocycles. The third kappa shape index (κ3) is 6.39. The lowest BCUT2D eigenvalue weighted by molar-refractivity contribution is 0.0950. The van der Waals surface area contributed by atoms with Gasteiger partial charge in [-0.25, -0.2) is 0 Å². The Balaban J connectivity index is 0.00000180. The highest BCUT2D eigenvalue weighted by atomic mass is 79.9. The van der Waals surface area contributed by atoms with Crippen molar-refractivity contribution in [3.63, 3.8) is 0 Å². The first-order chi connectivity index (χ1) is 8.75. The third-order valence-corrected chi connectivity index (χ3v) is 3.64. The van der Waals surface area contributed by atoms with Gasteiger partial charge in [0.1, 0.15) is 0 Å². The summed E-state index contributed by atoms with van der Waals surface area (Å²) in [6.07, 6.45) is 6.81. The van der Waals surface area contributed by atoms with E-state index in [0.717, 1.165) is 30.5 Å². The summed E-state index contributed by atoms with van der Waals surface area (Å²) >= 11 is 3.31. The van der Waals surface area contributed by atoms with Crippen LogP contribution in [0.2, 0.25) is 0 Å². The lowest BCUT2D eigenvalue weighted by atomic mass is 9.96. The van der Waals surface area contributed by atoms with E-state index < -0.39 is 0 Å². The van der Waals surface area contributed by atoms with Crippen molar-refractivity contribution < 1.29 is 4.79 Å². The van der Waals surface area contributed by atoms with Gasteiger partial charge >= 0.3 is 0 Å². The fourth-order valence-corrected chi connectivity index (χ4v) is 2.56. The average molecular weight is 385 g/mol. The van der Waals surface area contributed by atoms with Crippen molar-refractivity contribution in [2.45, 2.75) is 19.3 Å². The second-order valence-corrected chi connectivity index (χ2v) is 5.56. The summed E-state index contributed by atoms with van der Waals surface area (Å²) in [5.74, 6) is 0.646. The van der Waals surface area contributed by atoms with E-state index in [1.807, 2.05) is 0 Å². The lowest BCUT2D eigenvalue weighted by Crippen LogP contribution is -2.33. The van der Waals surface area contributed by atoms with Gasteiger partial charge in [-0.2, -0.15) is 0 Å². The van der Waals surface area contributed by atoms with Gasteiger partial charge in [0, 0.05) is 23.4 Å². The maximum absolute atomic E-state index is 11.9. The molecule has 0 saturated carbocycles. The van der Waals surface area contributed by atoms with Crippen molar-refractivity contribution in [2.24, 2.45) is 5.92 Å². The van der Waals surface area contributed by atoms with E-state index >= 15 is 0 Å². The summed E-state index contributed by atoms with van der Waals surface area (Å²) in [5, 5.41) is 6.33. The van der Waals surface area contributed by atoms with Crippen molar-refractivity contribution in [3.8, 4) is 0 Å². The third-order valence-electron chi connectivity index (χ3n) is 3.20. The standard InChI is InChI=1S/C13H18BrN3O.2ClH/c14-12-6-11(8-16-9-12)13(18)17-5-3-10-2-1-4-15-7-10;;/h6,8-10,15H,1-5,7H2,(H,17,18);2*1H. The maximum Gasteiger partial charge on any atom is 0.252 e. The van der Waals surface area contributed by atoms with Crippen LogP contribution in [0, 0.1) is 5.92 Å². The van der Waals surface area contributed by atoms with E-state index in [0.29, 0.717) is 11.5 Å². The Morgan fingerprint density at radius 3 is 2.90 bits per heavy atom. The molecule has 1 aliphatic rings. The van der Waals surface area contributed by atoms with Crippen molar-refractivity contribution in [3.05, 3.63) is 28.5 Å². The molecule has 0 bridgehead atoms. The Hall–Kier alpha value is -0.360. The average Bonchev–Trinajstić information content (AvgIpc) is 2.40. The number of piperidine rings is 1. The SMILES string of the molecule is Cl.Cl.O=C(NCCC1CCCNC1)c1cncc(Br)c1. The first-order valence-corrected chi connectivity index (χ1v) is 7.14. The minimum Gasteiger partial charge on any atom is -0.352 e. The topological polar surface area (TPSA) is 54.0 Å². The van der Waals surface area contributed by atoms with Crippen LogP contribution in [0.1, 0.15) is 29.6 Å². The van der Waals surface area contributed by atoms with Crippen LogP contribution in [0.3, 0.4) is 0 Å². The fraction of sp³-hybridized carbons (Fsp3) is 0.538. The molecular formula is C13H20BrCl2N3O. The van der Waals surface area contributed by atoms with E-state index in [1.54, 1.807) is 18.5 Å². The summed E-state index contributed by atoms with van der Waals surface area (Å²) in [4.78, 5) is 15.8. The number of carbonyl (C=O) groups excluding carboxylic acids is 1. The summed E-state index contributed by atoms with van der Waals surface area (Å²) in [6.45, 7) is 2.94. The van der Waals surface area contributed by atoms with Crippen LogP contribution in [-0.2, 0) is 0 Å². The van der Waals surface area contributed by atoms with Gasteiger partial charge in [0.25, 0.3) is 5.91 Å². The number of nitrogens with one attached hydrogen (secondary N) is 2. The molecule has 0 aliphatic carbocycles. The van der Waals surface area contributed by atoms with Crippen LogP contribution < -0.4 is 10.6 Å². The molecule has 114 valence electrons. The van der Waals surface area contributed by atoms with Crippen LogP contribution in [0.4, 0.5) is 0 Å². The van der Waals surface area contributed by atoms with E-state index in [9.17, 15) is 4.79 Å². The summed E-state index contributed by atoms with van der Waals surface area (Å²) in [5.41, 5.74) is 0.603. The van der Waals surface area contributed by atoms with E-state index in [4.69, 9.17) is 0 Å². The molecule has 2 heterocycles. The van der Waals surface area contributed by atoms with Gasteiger partial charge in [0.2, 0.25) is 0 Å². The van der Waals surface area contributed by atoms with Gasteiger partial charge in [-0.1, -0.05) is 0 Å². The second kappa shape index (κ2) is 10.4. The summed E-state index contributed by atoms with van der Waals surface area (Å²) in [7, 11) is 0. The number of halogens is 3. The van der Waals surface area contributed by atoms with Gasteiger partial charge in [0.05, 0.1) is 5.56 Å². The van der Waals surface area contributed by atoms with Crippen LogP contribution in [0.5, 0.6) is 0 Å². The Bertz CT molecular complexity index is 414. The monoisotopic (exact) mass is 383 g/mol. The Kier molecular flexibility index (Phi) is 10.2. The number of carbonyl (C=O) groups is 1. The van der Waals surface area contributed by atoms with Crippen molar-refractivity contribution in [1.29, 1.82) is 0 Å². The molecule has 1 unspecified atom stereocenters. The number of rotatable bonds is 4. The highest BCUT2D eigenvalue weighted by Crippen LogP contribution is 2.13. The smallest absolute Gasteiger partial charge is 0.252 e. The predicted octanol–water partition coefficient (Wildman–Crippen LogP) is 2.81. The molecule has 1 amide bonds. The zero-order valence-corrected chi connectivity index (χ0v) is 14.3. The zero-order chi connectivity index (χ0) is 12.8. The van der Waals surface area contributed by atoms with Gasteiger partial charge < -0.3 is 10.6 Å². The molecule has 0 aromatic carbocycles. The molecule has 7 heteroatoms. The summed E-state index contributed by atoms with van der Waals surface area (Å²) < 4.78 is 0.826. The van der Waals surface area contributed by atoms with Crippen molar-refractivity contribution in [2.75, 3.05) is 19.6 Å². The molecule has 1 aromatic heterocycles. The number of hydrogen-bond acceptors (Lipinski definition) is 3. The molecular weight excluding hydrogens is 365 g/mol. The molecule has 1 atom stereocenters. The van der Waals surface area contributed by atoms with Gasteiger partial charge in [0.15, 0.2) is 0 Å². The molecule has 4 nitrogen and oxygen atoms in total. The minimum atomic E-state index is -0.0485. The quantitative estimate of drug-likeness (QED) is 0.839. The molecule has 0 radical (unpaired) electrons. The lowest BCUT2D eigenvalue weighted by Gasteiger charge is -2.22. The molecule has 2 N–H and O–H groups in total. The molecule has 1 aromatic rings. The molecule has 1 aliphatic heterocycles. The van der Waals surface area contributed by atoms with Gasteiger partial charge in [-0.3, -0.25) is 9.78 Å². The fourth-order valence-electron chi connectivity index (χ4n) is 2.20. The zero-order valence-electron chi connectivity index (χ0n) is 11.1. The van der Waals surface area contributed by atoms with Crippen molar-refractivity contribution >= 4 is 46.7 Å². The number of hydrogen-bond donors (Lipinski definition) is 2. The Labute approximate surface area is 140 Å². The number of aromatic nitrogens is 1. The summed E-state index contributed by atoms with van der Waals surface area (Å²) in [6, 6.07) is 1.78. The van der Waals surface area contributed by atoms with Gasteiger partial charge in [-0.15, -0.1) is 24.8 Å². The molecule has 1 fully saturated rings. The van der Waals surface area contributed by atoms with Gasteiger partial charge in [-0.05, 0) is 60.3 Å². The first-order valence-electron chi connectivity index (χ1n) is 6.35. The first kappa shape index (κ1) is 19.6. The highest BCUT2D eigenvalue weighted by Gasteiger charge is 2.13. The normalized spacial score (nSPS) is 17.6. The Morgan fingerprint density at radius 2 is 2.25 bits per heavy atom. The Morgan fingerprint density at radius 1 is 1.45 bits per heavy atom. The molecule has 0 spiro atoms. The van der Waals surface area contributed by atoms with Crippen molar-refractivity contribution in [1.82, 2.24) is 15.6 Å². The number of amides is 1. The van der Waals surface area contributed by atoms with E-state index in [2.05, 4.69) is 31.5 Å². The largest absolute Gasteiger partial charge is 0.352 e. The maximum atomic E-state index is 11.9. The number of pyridine rings is 1. The second-order valence-electron chi connectivity index (χ2n) is 4.65. The van der Waals surface area contributed by atoms with E-state index in [-0.39, 0.29) is 30.7 Å². The van der Waals surface area contributed by atoms with E-state index in [1.165, 1.54) is 12.8 Å². The van der Waals surface area contributed by atoms with Crippen LogP contribution >= 0.6 is 40.7 Å². The van der Waals surface area contributed by atoms with Crippen LogP contribution in [0.15, 0.2) is 22.9 Å².